The maximum absolute atomic E-state index is 9.97. The lowest BCUT2D eigenvalue weighted by molar-refractivity contribution is -0.118. The first kappa shape index (κ1) is 7.76. The Kier molecular flexibility index (Phi) is 3.61. The molecule has 2 nitrogen and oxygen atoms in total. The summed E-state index contributed by atoms with van der Waals surface area (Å²) in [6, 6.07) is 0.147. The van der Waals surface area contributed by atoms with E-state index in [0.29, 0.717) is 5.88 Å². The van der Waals surface area contributed by atoms with Crippen LogP contribution in [0.15, 0.2) is 0 Å². The van der Waals surface area contributed by atoms with Crippen molar-refractivity contribution < 1.29 is 4.79 Å². The molecular weight excluding hydrogens is 126 g/mol. The normalized spacial score (nSPS) is 12.9. The molecule has 0 unspecified atom stereocenters. The van der Waals surface area contributed by atoms with Crippen molar-refractivity contribution in [3.05, 3.63) is 0 Å². The average Bonchev–Trinajstić information content (AvgIpc) is 1.84. The number of amides is 1. The summed E-state index contributed by atoms with van der Waals surface area (Å²) in [7, 11) is 1.71. The lowest BCUT2D eigenvalue weighted by atomic mass is 10.4. The van der Waals surface area contributed by atoms with Crippen LogP contribution in [0.2, 0.25) is 0 Å². The summed E-state index contributed by atoms with van der Waals surface area (Å²) < 4.78 is 0. The van der Waals surface area contributed by atoms with Gasteiger partial charge in [-0.3, -0.25) is 4.79 Å². The second-order valence-corrected chi connectivity index (χ2v) is 2.08. The van der Waals surface area contributed by atoms with Gasteiger partial charge in [0.15, 0.2) is 0 Å². The second-order valence-electron chi connectivity index (χ2n) is 1.77. The van der Waals surface area contributed by atoms with Gasteiger partial charge < -0.3 is 4.90 Å². The molecule has 3 heteroatoms. The van der Waals surface area contributed by atoms with E-state index in [2.05, 4.69) is 0 Å². The minimum Gasteiger partial charge on any atom is -0.344 e. The van der Waals surface area contributed by atoms with Gasteiger partial charge in [0, 0.05) is 19.0 Å². The molecule has 0 N–H and O–H groups in total. The van der Waals surface area contributed by atoms with E-state index in [4.69, 9.17) is 11.6 Å². The van der Waals surface area contributed by atoms with Gasteiger partial charge in [-0.2, -0.15) is 0 Å². The number of alkyl halides is 1. The monoisotopic (exact) mass is 135 g/mol. The first-order valence-corrected chi connectivity index (χ1v) is 2.99. The molecule has 0 aromatic heterocycles. The van der Waals surface area contributed by atoms with Crippen LogP contribution in [0.5, 0.6) is 0 Å². The van der Waals surface area contributed by atoms with E-state index in [-0.39, 0.29) is 6.04 Å². The molecule has 48 valence electrons. The van der Waals surface area contributed by atoms with Crippen molar-refractivity contribution in [2.24, 2.45) is 0 Å². The summed E-state index contributed by atoms with van der Waals surface area (Å²) >= 11 is 5.43. The third-order valence-electron chi connectivity index (χ3n) is 1.08. The minimum absolute atomic E-state index is 0.147. The Morgan fingerprint density at radius 1 is 1.88 bits per heavy atom. The molecule has 0 aliphatic rings. The summed E-state index contributed by atoms with van der Waals surface area (Å²) in [5.41, 5.74) is 0. The Labute approximate surface area is 54.4 Å². The van der Waals surface area contributed by atoms with Crippen LogP contribution in [0, 0.1) is 0 Å². The zero-order valence-corrected chi connectivity index (χ0v) is 5.85. The SMILES string of the molecule is C[C@@H](CCl)N(C)C=O. The van der Waals surface area contributed by atoms with Gasteiger partial charge in [0.25, 0.3) is 0 Å². The van der Waals surface area contributed by atoms with Crippen LogP contribution in [0.1, 0.15) is 6.92 Å². The summed E-state index contributed by atoms with van der Waals surface area (Å²) in [6.07, 6.45) is 0.771. The molecule has 0 heterocycles. The molecule has 0 aromatic rings. The Morgan fingerprint density at radius 2 is 2.38 bits per heavy atom. The Balaban J connectivity index is 3.44. The van der Waals surface area contributed by atoms with Crippen molar-refractivity contribution in [3.63, 3.8) is 0 Å². The number of hydrogen-bond acceptors (Lipinski definition) is 1. The molecule has 0 aromatic carbocycles. The third-order valence-corrected chi connectivity index (χ3v) is 1.53. The van der Waals surface area contributed by atoms with Crippen LogP contribution in [-0.2, 0) is 4.79 Å². The molecule has 0 aliphatic carbocycles. The molecule has 0 rings (SSSR count). The number of carbonyl (C=O) groups is 1. The Bertz CT molecular complexity index is 76.8. The Hall–Kier alpha value is -0.240. The highest BCUT2D eigenvalue weighted by atomic mass is 35.5. The maximum atomic E-state index is 9.97. The number of halogens is 1. The fourth-order valence-electron chi connectivity index (χ4n) is 0.213. The van der Waals surface area contributed by atoms with Crippen LogP contribution in [-0.4, -0.2) is 30.3 Å². The van der Waals surface area contributed by atoms with E-state index in [0.717, 1.165) is 6.41 Å². The van der Waals surface area contributed by atoms with Crippen LogP contribution in [0.3, 0.4) is 0 Å². The van der Waals surface area contributed by atoms with Crippen molar-refractivity contribution in [1.82, 2.24) is 4.90 Å². The highest BCUT2D eigenvalue weighted by Crippen LogP contribution is 1.92. The summed E-state index contributed by atoms with van der Waals surface area (Å²) in [4.78, 5) is 11.5. The molecule has 1 amide bonds. The standard InChI is InChI=1S/C5H10ClNO/c1-5(3-6)7(2)4-8/h4-5H,3H2,1-2H3/t5-/m0/s1. The van der Waals surface area contributed by atoms with E-state index < -0.39 is 0 Å². The van der Waals surface area contributed by atoms with Gasteiger partial charge in [-0.25, -0.2) is 0 Å². The lowest BCUT2D eigenvalue weighted by Crippen LogP contribution is -2.28. The van der Waals surface area contributed by atoms with Gasteiger partial charge in [0.1, 0.15) is 0 Å². The predicted molar refractivity (Wildman–Crippen MR) is 34.0 cm³/mol. The predicted octanol–water partition coefficient (Wildman–Crippen LogP) is 0.702. The van der Waals surface area contributed by atoms with Crippen molar-refractivity contribution in [3.8, 4) is 0 Å². The molecule has 8 heavy (non-hydrogen) atoms. The topological polar surface area (TPSA) is 20.3 Å². The van der Waals surface area contributed by atoms with E-state index in [1.165, 1.54) is 4.90 Å². The van der Waals surface area contributed by atoms with Gasteiger partial charge in [0.2, 0.25) is 6.41 Å². The van der Waals surface area contributed by atoms with E-state index in [9.17, 15) is 4.79 Å². The molecule has 0 fully saturated rings. The van der Waals surface area contributed by atoms with Crippen molar-refractivity contribution in [1.29, 1.82) is 0 Å². The second kappa shape index (κ2) is 3.72. The highest BCUT2D eigenvalue weighted by molar-refractivity contribution is 6.18. The Morgan fingerprint density at radius 3 is 2.50 bits per heavy atom. The van der Waals surface area contributed by atoms with Crippen molar-refractivity contribution in [2.45, 2.75) is 13.0 Å². The fourth-order valence-corrected chi connectivity index (χ4v) is 0.430. The first-order chi connectivity index (χ1) is 3.72. The maximum Gasteiger partial charge on any atom is 0.209 e. The molecule has 0 aliphatic heterocycles. The van der Waals surface area contributed by atoms with Crippen LogP contribution in [0.4, 0.5) is 0 Å². The lowest BCUT2D eigenvalue weighted by Gasteiger charge is -2.16. The van der Waals surface area contributed by atoms with Crippen molar-refractivity contribution in [2.75, 3.05) is 12.9 Å². The summed E-state index contributed by atoms with van der Waals surface area (Å²) in [5, 5.41) is 0. The van der Waals surface area contributed by atoms with Gasteiger partial charge in [-0.1, -0.05) is 0 Å². The first-order valence-electron chi connectivity index (χ1n) is 2.45. The van der Waals surface area contributed by atoms with Crippen LogP contribution in [0.25, 0.3) is 0 Å². The quantitative estimate of drug-likeness (QED) is 0.412. The van der Waals surface area contributed by atoms with Gasteiger partial charge in [-0.05, 0) is 6.92 Å². The van der Waals surface area contributed by atoms with Crippen molar-refractivity contribution >= 4 is 18.0 Å². The smallest absolute Gasteiger partial charge is 0.209 e. The van der Waals surface area contributed by atoms with Gasteiger partial charge >= 0.3 is 0 Å². The molecule has 0 saturated carbocycles. The molecule has 1 atom stereocenters. The molecular formula is C5H10ClNO. The summed E-state index contributed by atoms with van der Waals surface area (Å²) in [6.45, 7) is 1.89. The van der Waals surface area contributed by atoms with E-state index in [1.807, 2.05) is 6.92 Å². The zero-order valence-electron chi connectivity index (χ0n) is 5.10. The van der Waals surface area contributed by atoms with Gasteiger partial charge in [0.05, 0.1) is 0 Å². The minimum atomic E-state index is 0.147. The number of nitrogens with zero attached hydrogens (tertiary/aromatic N) is 1. The molecule has 0 bridgehead atoms. The third kappa shape index (κ3) is 2.17. The fraction of sp³-hybridized carbons (Fsp3) is 0.800. The number of hydrogen-bond donors (Lipinski definition) is 0. The van der Waals surface area contributed by atoms with Crippen LogP contribution >= 0.6 is 11.6 Å². The molecule has 0 radical (unpaired) electrons. The number of rotatable bonds is 3. The summed E-state index contributed by atoms with van der Waals surface area (Å²) in [5.74, 6) is 0.495. The average molecular weight is 136 g/mol. The molecule has 0 spiro atoms. The number of carbonyl (C=O) groups excluding carboxylic acids is 1. The zero-order chi connectivity index (χ0) is 6.57. The molecule has 0 saturated heterocycles. The van der Waals surface area contributed by atoms with E-state index >= 15 is 0 Å². The van der Waals surface area contributed by atoms with Gasteiger partial charge in [-0.15, -0.1) is 11.6 Å². The van der Waals surface area contributed by atoms with Crippen LogP contribution < -0.4 is 0 Å². The van der Waals surface area contributed by atoms with E-state index in [1.54, 1.807) is 7.05 Å². The largest absolute Gasteiger partial charge is 0.344 e. The highest BCUT2D eigenvalue weighted by Gasteiger charge is 2.01.